The number of thiazole rings is 1. The number of nitrogens with one attached hydrogen (secondary N) is 1. The summed E-state index contributed by atoms with van der Waals surface area (Å²) in [5, 5.41) is 5.87. The standard InChI is InChI=1S/C11H19N3OS/c1-4-5-12-10(15)6-9-8-16-11(13-9)7-14(2)3/h8H,4-7H2,1-3H3,(H,12,15). The molecule has 0 atom stereocenters. The molecular formula is C11H19N3OS. The third-order valence-electron chi connectivity index (χ3n) is 1.96. The lowest BCUT2D eigenvalue weighted by Crippen LogP contribution is -2.25. The van der Waals surface area contributed by atoms with Crippen molar-refractivity contribution in [2.24, 2.45) is 0 Å². The van der Waals surface area contributed by atoms with Gasteiger partial charge in [0.15, 0.2) is 0 Å². The first-order chi connectivity index (χ1) is 7.61. The minimum absolute atomic E-state index is 0.0588. The zero-order valence-electron chi connectivity index (χ0n) is 10.1. The summed E-state index contributed by atoms with van der Waals surface area (Å²) in [5.41, 5.74) is 0.871. The SMILES string of the molecule is CCCNC(=O)Cc1csc(CN(C)C)n1. The van der Waals surface area contributed by atoms with Crippen molar-refractivity contribution in [3.05, 3.63) is 16.1 Å². The topological polar surface area (TPSA) is 45.2 Å². The first-order valence-corrected chi connectivity index (χ1v) is 6.34. The van der Waals surface area contributed by atoms with Gasteiger partial charge in [-0.05, 0) is 20.5 Å². The van der Waals surface area contributed by atoms with Gasteiger partial charge in [-0.25, -0.2) is 4.98 Å². The Morgan fingerprint density at radius 3 is 2.94 bits per heavy atom. The Labute approximate surface area is 101 Å². The fourth-order valence-corrected chi connectivity index (χ4v) is 2.18. The molecule has 1 aromatic heterocycles. The molecule has 0 spiro atoms. The Hall–Kier alpha value is -0.940. The number of carbonyl (C=O) groups excluding carboxylic acids is 1. The van der Waals surface area contributed by atoms with Crippen LogP contribution in [0.15, 0.2) is 5.38 Å². The summed E-state index contributed by atoms with van der Waals surface area (Å²) in [5.74, 6) is 0.0588. The van der Waals surface area contributed by atoms with Gasteiger partial charge in [-0.1, -0.05) is 6.92 Å². The van der Waals surface area contributed by atoms with Crippen LogP contribution in [0.3, 0.4) is 0 Å². The van der Waals surface area contributed by atoms with Crippen molar-refractivity contribution in [2.45, 2.75) is 26.3 Å². The second-order valence-electron chi connectivity index (χ2n) is 4.00. The van der Waals surface area contributed by atoms with E-state index in [1.54, 1.807) is 11.3 Å². The molecule has 0 saturated heterocycles. The molecule has 0 bridgehead atoms. The van der Waals surface area contributed by atoms with Gasteiger partial charge in [0.2, 0.25) is 5.91 Å². The molecule has 16 heavy (non-hydrogen) atoms. The maximum absolute atomic E-state index is 11.4. The molecule has 0 aliphatic heterocycles. The lowest BCUT2D eigenvalue weighted by molar-refractivity contribution is -0.120. The van der Waals surface area contributed by atoms with E-state index in [-0.39, 0.29) is 5.91 Å². The van der Waals surface area contributed by atoms with Crippen molar-refractivity contribution in [3.8, 4) is 0 Å². The molecule has 0 aliphatic carbocycles. The smallest absolute Gasteiger partial charge is 0.226 e. The highest BCUT2D eigenvalue weighted by Gasteiger charge is 2.07. The van der Waals surface area contributed by atoms with Crippen LogP contribution in [0.5, 0.6) is 0 Å². The summed E-state index contributed by atoms with van der Waals surface area (Å²) >= 11 is 1.61. The Kier molecular flexibility index (Phi) is 5.42. The first kappa shape index (κ1) is 13.1. The van der Waals surface area contributed by atoms with Gasteiger partial charge in [0, 0.05) is 18.5 Å². The Morgan fingerprint density at radius 2 is 2.31 bits per heavy atom. The van der Waals surface area contributed by atoms with Gasteiger partial charge in [0.25, 0.3) is 0 Å². The lowest BCUT2D eigenvalue weighted by atomic mass is 10.3. The van der Waals surface area contributed by atoms with Crippen molar-refractivity contribution in [3.63, 3.8) is 0 Å². The van der Waals surface area contributed by atoms with E-state index in [0.29, 0.717) is 6.42 Å². The number of nitrogens with zero attached hydrogens (tertiary/aromatic N) is 2. The van der Waals surface area contributed by atoms with Crippen molar-refractivity contribution >= 4 is 17.2 Å². The Morgan fingerprint density at radius 1 is 1.56 bits per heavy atom. The van der Waals surface area contributed by atoms with Crippen molar-refractivity contribution in [1.82, 2.24) is 15.2 Å². The van der Waals surface area contributed by atoms with Crippen LogP contribution in [0.4, 0.5) is 0 Å². The van der Waals surface area contributed by atoms with E-state index in [9.17, 15) is 4.79 Å². The summed E-state index contributed by atoms with van der Waals surface area (Å²) in [7, 11) is 4.02. The average Bonchev–Trinajstić information content (AvgIpc) is 2.61. The van der Waals surface area contributed by atoms with Crippen molar-refractivity contribution < 1.29 is 4.79 Å². The normalized spacial score (nSPS) is 10.8. The highest BCUT2D eigenvalue weighted by atomic mass is 32.1. The highest BCUT2D eigenvalue weighted by Crippen LogP contribution is 2.11. The molecule has 1 rings (SSSR count). The monoisotopic (exact) mass is 241 g/mol. The third-order valence-corrected chi connectivity index (χ3v) is 2.85. The van der Waals surface area contributed by atoms with Crippen LogP contribution in [0, 0.1) is 0 Å². The second-order valence-corrected chi connectivity index (χ2v) is 4.94. The Bertz CT molecular complexity index is 336. The summed E-state index contributed by atoms with van der Waals surface area (Å²) in [6.45, 7) is 3.62. The lowest BCUT2D eigenvalue weighted by Gasteiger charge is -2.05. The van der Waals surface area contributed by atoms with Crippen LogP contribution in [0.2, 0.25) is 0 Å². The molecule has 5 heteroatoms. The highest BCUT2D eigenvalue weighted by molar-refractivity contribution is 7.09. The summed E-state index contributed by atoms with van der Waals surface area (Å²) < 4.78 is 0. The van der Waals surface area contributed by atoms with Gasteiger partial charge in [0.05, 0.1) is 12.1 Å². The first-order valence-electron chi connectivity index (χ1n) is 5.46. The van der Waals surface area contributed by atoms with Gasteiger partial charge in [-0.15, -0.1) is 11.3 Å². The largest absolute Gasteiger partial charge is 0.356 e. The van der Waals surface area contributed by atoms with Crippen molar-refractivity contribution in [1.29, 1.82) is 0 Å². The number of aromatic nitrogens is 1. The van der Waals surface area contributed by atoms with Gasteiger partial charge < -0.3 is 10.2 Å². The molecule has 0 unspecified atom stereocenters. The van der Waals surface area contributed by atoms with Gasteiger partial charge in [-0.3, -0.25) is 4.79 Å². The molecule has 0 aromatic carbocycles. The minimum atomic E-state index is 0.0588. The molecule has 4 nitrogen and oxygen atoms in total. The molecule has 1 amide bonds. The molecular weight excluding hydrogens is 222 g/mol. The molecule has 1 heterocycles. The van der Waals surface area contributed by atoms with E-state index in [4.69, 9.17) is 0 Å². The van der Waals surface area contributed by atoms with Crippen molar-refractivity contribution in [2.75, 3.05) is 20.6 Å². The fourth-order valence-electron chi connectivity index (χ4n) is 1.26. The molecule has 0 radical (unpaired) electrons. The summed E-state index contributed by atoms with van der Waals surface area (Å²) in [6.07, 6.45) is 1.36. The van der Waals surface area contributed by atoms with E-state index < -0.39 is 0 Å². The molecule has 0 fully saturated rings. The Balaban J connectivity index is 2.42. The van der Waals surface area contributed by atoms with Crippen LogP contribution >= 0.6 is 11.3 Å². The number of rotatable bonds is 6. The fraction of sp³-hybridized carbons (Fsp3) is 0.636. The van der Waals surface area contributed by atoms with Crippen LogP contribution in [-0.2, 0) is 17.8 Å². The maximum atomic E-state index is 11.4. The quantitative estimate of drug-likeness (QED) is 0.816. The van der Waals surface area contributed by atoms with E-state index in [1.807, 2.05) is 26.4 Å². The van der Waals surface area contributed by atoms with Gasteiger partial charge in [-0.2, -0.15) is 0 Å². The summed E-state index contributed by atoms with van der Waals surface area (Å²) in [6, 6.07) is 0. The van der Waals surface area contributed by atoms with E-state index in [1.165, 1.54) is 0 Å². The number of hydrogen-bond donors (Lipinski definition) is 1. The van der Waals surface area contributed by atoms with Crippen LogP contribution in [0.25, 0.3) is 0 Å². The predicted octanol–water partition coefficient (Wildman–Crippen LogP) is 1.27. The van der Waals surface area contributed by atoms with Gasteiger partial charge >= 0.3 is 0 Å². The number of amides is 1. The molecule has 0 saturated carbocycles. The zero-order chi connectivity index (χ0) is 12.0. The number of hydrogen-bond acceptors (Lipinski definition) is 4. The van der Waals surface area contributed by atoms with E-state index in [0.717, 1.165) is 30.2 Å². The maximum Gasteiger partial charge on any atom is 0.226 e. The molecule has 90 valence electrons. The number of carbonyl (C=O) groups is 1. The minimum Gasteiger partial charge on any atom is -0.356 e. The second kappa shape index (κ2) is 6.60. The third kappa shape index (κ3) is 4.72. The zero-order valence-corrected chi connectivity index (χ0v) is 10.9. The van der Waals surface area contributed by atoms with Crippen LogP contribution < -0.4 is 5.32 Å². The average molecular weight is 241 g/mol. The van der Waals surface area contributed by atoms with Gasteiger partial charge in [0.1, 0.15) is 5.01 Å². The summed E-state index contributed by atoms with van der Waals surface area (Å²) in [4.78, 5) is 17.9. The molecule has 1 N–H and O–H groups in total. The van der Waals surface area contributed by atoms with E-state index >= 15 is 0 Å². The predicted molar refractivity (Wildman–Crippen MR) is 66.5 cm³/mol. The molecule has 1 aromatic rings. The molecule has 0 aliphatic rings. The van der Waals surface area contributed by atoms with Crippen LogP contribution in [0.1, 0.15) is 24.0 Å². The van der Waals surface area contributed by atoms with E-state index in [2.05, 4.69) is 15.2 Å². The van der Waals surface area contributed by atoms with Crippen LogP contribution in [-0.4, -0.2) is 36.4 Å².